The van der Waals surface area contributed by atoms with Gasteiger partial charge >= 0.3 is 0 Å². The lowest BCUT2D eigenvalue weighted by Crippen LogP contribution is -2.18. The molecule has 0 saturated carbocycles. The topological polar surface area (TPSA) is 109 Å². The molecule has 0 aliphatic rings. The molecule has 21 heavy (non-hydrogen) atoms. The molecule has 6 nitrogen and oxygen atoms in total. The number of nitrogens with one attached hydrogen (secondary N) is 1. The SMILES string of the molecule is NS(=O)(=O)c1ccc(F)cc1NC(=O)c1cccc(O)c1. The van der Waals surface area contributed by atoms with Crippen LogP contribution in [0.15, 0.2) is 47.4 Å². The van der Waals surface area contributed by atoms with E-state index in [0.29, 0.717) is 0 Å². The Balaban J connectivity index is 2.40. The molecule has 0 radical (unpaired) electrons. The maximum atomic E-state index is 13.2. The van der Waals surface area contributed by atoms with Crippen molar-refractivity contribution in [3.63, 3.8) is 0 Å². The molecule has 0 aliphatic carbocycles. The van der Waals surface area contributed by atoms with Crippen LogP contribution in [0.1, 0.15) is 10.4 Å². The largest absolute Gasteiger partial charge is 0.508 e. The maximum Gasteiger partial charge on any atom is 0.255 e. The van der Waals surface area contributed by atoms with Crippen molar-refractivity contribution in [2.45, 2.75) is 4.90 Å². The zero-order valence-electron chi connectivity index (χ0n) is 10.6. The highest BCUT2D eigenvalue weighted by molar-refractivity contribution is 7.89. The highest BCUT2D eigenvalue weighted by atomic mass is 32.2. The summed E-state index contributed by atoms with van der Waals surface area (Å²) in [6, 6.07) is 8.13. The van der Waals surface area contributed by atoms with Crippen LogP contribution in [-0.4, -0.2) is 19.4 Å². The van der Waals surface area contributed by atoms with Gasteiger partial charge in [0.05, 0.1) is 5.69 Å². The number of rotatable bonds is 3. The highest BCUT2D eigenvalue weighted by Crippen LogP contribution is 2.22. The van der Waals surface area contributed by atoms with Crippen molar-refractivity contribution >= 4 is 21.6 Å². The summed E-state index contributed by atoms with van der Waals surface area (Å²) in [6.45, 7) is 0. The number of benzene rings is 2. The van der Waals surface area contributed by atoms with Crippen molar-refractivity contribution in [3.8, 4) is 5.75 Å². The number of primary sulfonamides is 1. The van der Waals surface area contributed by atoms with Crippen LogP contribution in [0.25, 0.3) is 0 Å². The first-order valence-corrected chi connectivity index (χ1v) is 7.25. The fraction of sp³-hybridized carbons (Fsp3) is 0. The van der Waals surface area contributed by atoms with Crippen molar-refractivity contribution < 1.29 is 22.7 Å². The summed E-state index contributed by atoms with van der Waals surface area (Å²) in [6.07, 6.45) is 0. The molecule has 0 bridgehead atoms. The fourth-order valence-electron chi connectivity index (χ4n) is 1.69. The fourth-order valence-corrected chi connectivity index (χ4v) is 2.36. The minimum absolute atomic E-state index is 0.0830. The molecule has 110 valence electrons. The molecular formula is C13H11FN2O4S. The molecule has 2 aromatic carbocycles. The van der Waals surface area contributed by atoms with Crippen molar-refractivity contribution in [2.24, 2.45) is 5.14 Å². The first-order valence-electron chi connectivity index (χ1n) is 5.70. The van der Waals surface area contributed by atoms with Crippen molar-refractivity contribution in [3.05, 3.63) is 53.8 Å². The van der Waals surface area contributed by atoms with Gasteiger partial charge in [-0.2, -0.15) is 0 Å². The quantitative estimate of drug-likeness (QED) is 0.796. The van der Waals surface area contributed by atoms with Gasteiger partial charge in [-0.1, -0.05) is 6.07 Å². The minimum Gasteiger partial charge on any atom is -0.508 e. The van der Waals surface area contributed by atoms with Crippen LogP contribution in [0.4, 0.5) is 10.1 Å². The third kappa shape index (κ3) is 3.56. The summed E-state index contributed by atoms with van der Waals surface area (Å²) in [4.78, 5) is 11.6. The number of aromatic hydroxyl groups is 1. The second kappa shape index (κ2) is 5.51. The van der Waals surface area contributed by atoms with Crippen molar-refractivity contribution in [1.29, 1.82) is 0 Å². The first kappa shape index (κ1) is 14.9. The van der Waals surface area contributed by atoms with Gasteiger partial charge in [0.15, 0.2) is 0 Å². The molecule has 0 fully saturated rings. The first-order chi connectivity index (χ1) is 9.77. The van der Waals surface area contributed by atoms with Crippen LogP contribution in [0, 0.1) is 5.82 Å². The molecule has 0 aliphatic heterocycles. The lowest BCUT2D eigenvalue weighted by molar-refractivity contribution is 0.102. The summed E-state index contributed by atoms with van der Waals surface area (Å²) < 4.78 is 36.0. The van der Waals surface area contributed by atoms with Gasteiger partial charge in [0, 0.05) is 5.56 Å². The number of halogens is 1. The maximum absolute atomic E-state index is 13.2. The number of phenolic OH excluding ortho intramolecular Hbond substituents is 1. The van der Waals surface area contributed by atoms with E-state index >= 15 is 0 Å². The van der Waals surface area contributed by atoms with E-state index in [1.54, 1.807) is 0 Å². The van der Waals surface area contributed by atoms with E-state index in [1.807, 2.05) is 0 Å². The minimum atomic E-state index is -4.12. The Morgan fingerprint density at radius 2 is 1.90 bits per heavy atom. The molecule has 2 aromatic rings. The zero-order chi connectivity index (χ0) is 15.6. The Morgan fingerprint density at radius 1 is 1.19 bits per heavy atom. The Kier molecular flexibility index (Phi) is 3.92. The smallest absolute Gasteiger partial charge is 0.255 e. The summed E-state index contributed by atoms with van der Waals surface area (Å²) in [7, 11) is -4.12. The summed E-state index contributed by atoms with van der Waals surface area (Å²) in [5.74, 6) is -1.57. The average Bonchev–Trinajstić information content (AvgIpc) is 2.37. The molecule has 4 N–H and O–H groups in total. The van der Waals surface area contributed by atoms with E-state index in [4.69, 9.17) is 5.14 Å². The van der Waals surface area contributed by atoms with Crippen LogP contribution in [0.2, 0.25) is 0 Å². The molecule has 0 unspecified atom stereocenters. The third-order valence-corrected chi connectivity index (χ3v) is 3.57. The van der Waals surface area contributed by atoms with Crippen molar-refractivity contribution in [1.82, 2.24) is 0 Å². The van der Waals surface area contributed by atoms with Gasteiger partial charge in [-0.15, -0.1) is 0 Å². The molecule has 0 spiro atoms. The van der Waals surface area contributed by atoms with Gasteiger partial charge in [-0.05, 0) is 36.4 Å². The van der Waals surface area contributed by atoms with Crippen LogP contribution in [0.5, 0.6) is 5.75 Å². The number of hydrogen-bond donors (Lipinski definition) is 3. The number of hydrogen-bond acceptors (Lipinski definition) is 4. The molecule has 0 saturated heterocycles. The Labute approximate surface area is 120 Å². The number of phenols is 1. The summed E-state index contributed by atoms with van der Waals surface area (Å²) in [5.41, 5.74) is -0.189. The van der Waals surface area contributed by atoms with E-state index < -0.39 is 26.6 Å². The summed E-state index contributed by atoms with van der Waals surface area (Å²) >= 11 is 0. The van der Waals surface area contributed by atoms with Gasteiger partial charge < -0.3 is 10.4 Å². The molecule has 1 amide bonds. The molecular weight excluding hydrogens is 299 g/mol. The number of carbonyl (C=O) groups is 1. The number of anilines is 1. The number of nitrogens with two attached hydrogens (primary N) is 1. The van der Waals surface area contributed by atoms with Crippen molar-refractivity contribution in [2.75, 3.05) is 5.32 Å². The third-order valence-electron chi connectivity index (χ3n) is 2.60. The standard InChI is InChI=1S/C13H11FN2O4S/c14-9-4-5-12(21(15,19)20)11(7-9)16-13(18)8-2-1-3-10(17)6-8/h1-7,17H,(H,16,18)(H2,15,19,20). The zero-order valence-corrected chi connectivity index (χ0v) is 11.4. The van der Waals surface area contributed by atoms with E-state index in [2.05, 4.69) is 5.32 Å². The second-order valence-corrected chi connectivity index (χ2v) is 5.72. The van der Waals surface area contributed by atoms with Gasteiger partial charge in [0.1, 0.15) is 16.5 Å². The molecule has 2 rings (SSSR count). The van der Waals surface area contributed by atoms with Crippen LogP contribution in [-0.2, 0) is 10.0 Å². The normalized spacial score (nSPS) is 11.1. The predicted molar refractivity (Wildman–Crippen MR) is 73.8 cm³/mol. The van der Waals surface area contributed by atoms with Gasteiger partial charge in [0.2, 0.25) is 10.0 Å². The van der Waals surface area contributed by atoms with Gasteiger partial charge in [-0.3, -0.25) is 4.79 Å². The number of amides is 1. The van der Waals surface area contributed by atoms with Gasteiger partial charge in [-0.25, -0.2) is 17.9 Å². The Bertz CT molecular complexity index is 806. The van der Waals surface area contributed by atoms with E-state index in [1.165, 1.54) is 24.3 Å². The highest BCUT2D eigenvalue weighted by Gasteiger charge is 2.17. The lowest BCUT2D eigenvalue weighted by Gasteiger charge is -2.10. The molecule has 0 heterocycles. The average molecular weight is 310 g/mol. The molecule has 0 aromatic heterocycles. The number of sulfonamides is 1. The predicted octanol–water partition coefficient (Wildman–Crippen LogP) is 1.43. The molecule has 8 heteroatoms. The van der Waals surface area contributed by atoms with E-state index in [0.717, 1.165) is 18.2 Å². The number of carbonyl (C=O) groups excluding carboxylic acids is 1. The second-order valence-electron chi connectivity index (χ2n) is 4.19. The van der Waals surface area contributed by atoms with E-state index in [-0.39, 0.29) is 17.0 Å². The van der Waals surface area contributed by atoms with Gasteiger partial charge in [0.25, 0.3) is 5.91 Å². The van der Waals surface area contributed by atoms with Crippen LogP contribution in [0.3, 0.4) is 0 Å². The lowest BCUT2D eigenvalue weighted by atomic mass is 10.2. The Hall–Kier alpha value is -2.45. The molecule has 0 atom stereocenters. The Morgan fingerprint density at radius 3 is 2.52 bits per heavy atom. The summed E-state index contributed by atoms with van der Waals surface area (Å²) in [5, 5.41) is 16.6. The van der Waals surface area contributed by atoms with E-state index in [9.17, 15) is 22.7 Å². The van der Waals surface area contributed by atoms with Crippen LogP contribution < -0.4 is 10.5 Å². The monoisotopic (exact) mass is 310 g/mol. The van der Waals surface area contributed by atoms with Crippen LogP contribution >= 0.6 is 0 Å².